The maximum Gasteiger partial charge on any atom is 0.238 e. The topological polar surface area (TPSA) is 84.1 Å². The van der Waals surface area contributed by atoms with E-state index in [0.717, 1.165) is 29.1 Å². The van der Waals surface area contributed by atoms with Crippen molar-refractivity contribution >= 4 is 11.6 Å². The average Bonchev–Trinajstić information content (AvgIpc) is 2.71. The van der Waals surface area contributed by atoms with E-state index in [4.69, 9.17) is 5.73 Å². The number of pyridine rings is 2. The Balaban J connectivity index is 1.64. The Kier molecular flexibility index (Phi) is 7.23. The molecule has 0 aliphatic carbocycles. The molecule has 3 aromatic rings. The van der Waals surface area contributed by atoms with Crippen LogP contribution in [0.3, 0.4) is 0 Å². The monoisotopic (exact) mass is 375 g/mol. The van der Waals surface area contributed by atoms with Gasteiger partial charge in [-0.2, -0.15) is 0 Å². The molecule has 0 aliphatic rings. The van der Waals surface area contributed by atoms with E-state index in [1.165, 1.54) is 0 Å². The molecule has 0 radical (unpaired) electrons. The number of amides is 1. The lowest BCUT2D eigenvalue weighted by Crippen LogP contribution is -2.33. The molecule has 1 aromatic carbocycles. The smallest absolute Gasteiger partial charge is 0.238 e. The third-order valence-electron chi connectivity index (χ3n) is 4.26. The predicted molar refractivity (Wildman–Crippen MR) is 110 cm³/mol. The fourth-order valence-electron chi connectivity index (χ4n) is 2.93. The van der Waals surface area contributed by atoms with E-state index >= 15 is 0 Å². The zero-order chi connectivity index (χ0) is 19.6. The molecule has 0 saturated carbocycles. The van der Waals surface area contributed by atoms with Gasteiger partial charge in [0.05, 0.1) is 17.9 Å². The molecule has 6 heteroatoms. The van der Waals surface area contributed by atoms with Crippen LogP contribution in [0, 0.1) is 0 Å². The van der Waals surface area contributed by atoms with Crippen molar-refractivity contribution in [2.24, 2.45) is 5.73 Å². The van der Waals surface area contributed by atoms with Crippen molar-refractivity contribution < 1.29 is 4.79 Å². The minimum absolute atomic E-state index is 0.0709. The summed E-state index contributed by atoms with van der Waals surface area (Å²) in [6.45, 7) is 2.00. The average molecular weight is 375 g/mol. The third kappa shape index (κ3) is 6.26. The lowest BCUT2D eigenvalue weighted by Gasteiger charge is -2.21. The predicted octanol–water partition coefficient (Wildman–Crippen LogP) is 2.62. The van der Waals surface area contributed by atoms with Gasteiger partial charge in [0.15, 0.2) is 0 Å². The third-order valence-corrected chi connectivity index (χ3v) is 4.26. The summed E-state index contributed by atoms with van der Waals surface area (Å²) in [5.41, 5.74) is 9.34. The summed E-state index contributed by atoms with van der Waals surface area (Å²) < 4.78 is 0. The Bertz CT molecular complexity index is 812. The quantitative estimate of drug-likeness (QED) is 0.601. The number of nitrogens with two attached hydrogens (primary N) is 1. The molecule has 28 heavy (non-hydrogen) atoms. The van der Waals surface area contributed by atoms with Crippen LogP contribution in [0.15, 0.2) is 73.1 Å². The summed E-state index contributed by atoms with van der Waals surface area (Å²) in [6, 6.07) is 19.4. The van der Waals surface area contributed by atoms with Crippen molar-refractivity contribution in [3.63, 3.8) is 0 Å². The number of rotatable bonds is 9. The molecule has 0 fully saturated rings. The molecule has 3 rings (SSSR count). The molecule has 144 valence electrons. The van der Waals surface area contributed by atoms with Crippen LogP contribution in [0.2, 0.25) is 0 Å². The van der Waals surface area contributed by atoms with Gasteiger partial charge in [-0.25, -0.2) is 0 Å². The van der Waals surface area contributed by atoms with Gasteiger partial charge >= 0.3 is 0 Å². The summed E-state index contributed by atoms with van der Waals surface area (Å²) in [6.07, 6.45) is 4.35. The number of nitrogens with one attached hydrogen (secondary N) is 1. The van der Waals surface area contributed by atoms with Gasteiger partial charge in [-0.3, -0.25) is 19.7 Å². The van der Waals surface area contributed by atoms with Gasteiger partial charge in [-0.05, 0) is 54.9 Å². The van der Waals surface area contributed by atoms with Crippen molar-refractivity contribution in [3.8, 4) is 0 Å². The van der Waals surface area contributed by atoms with E-state index in [1.807, 2.05) is 65.6 Å². The first-order valence-electron chi connectivity index (χ1n) is 9.34. The van der Waals surface area contributed by atoms with E-state index in [9.17, 15) is 4.79 Å². The molecule has 0 unspecified atom stereocenters. The number of nitrogens with zero attached hydrogens (tertiary/aromatic N) is 3. The van der Waals surface area contributed by atoms with Gasteiger partial charge in [0, 0.05) is 31.2 Å². The van der Waals surface area contributed by atoms with Gasteiger partial charge < -0.3 is 11.1 Å². The number of hydrogen-bond donors (Lipinski definition) is 2. The van der Waals surface area contributed by atoms with E-state index in [1.54, 1.807) is 12.4 Å². The van der Waals surface area contributed by atoms with Crippen molar-refractivity contribution in [2.45, 2.75) is 19.5 Å². The van der Waals surface area contributed by atoms with Gasteiger partial charge in [0.25, 0.3) is 0 Å². The highest BCUT2D eigenvalue weighted by Gasteiger charge is 2.13. The summed E-state index contributed by atoms with van der Waals surface area (Å²) in [5.74, 6) is -0.0709. The van der Waals surface area contributed by atoms with Crippen LogP contribution in [0.1, 0.15) is 17.0 Å². The Morgan fingerprint density at radius 3 is 2.00 bits per heavy atom. The molecule has 0 spiro atoms. The Hall–Kier alpha value is -3.09. The number of hydrogen-bond acceptors (Lipinski definition) is 5. The molecule has 1 amide bonds. The number of carbonyl (C=O) groups excluding carboxylic acids is 1. The highest BCUT2D eigenvalue weighted by molar-refractivity contribution is 5.92. The van der Waals surface area contributed by atoms with Crippen LogP contribution in [-0.2, 0) is 24.3 Å². The number of benzene rings is 1. The summed E-state index contributed by atoms with van der Waals surface area (Å²) in [4.78, 5) is 23.4. The first-order chi connectivity index (χ1) is 13.7. The first-order valence-corrected chi connectivity index (χ1v) is 9.34. The molecular weight excluding hydrogens is 350 g/mol. The van der Waals surface area contributed by atoms with Gasteiger partial charge in [0.1, 0.15) is 0 Å². The highest BCUT2D eigenvalue weighted by atomic mass is 16.2. The zero-order valence-electron chi connectivity index (χ0n) is 15.8. The lowest BCUT2D eigenvalue weighted by atomic mass is 10.1. The maximum absolute atomic E-state index is 12.6. The van der Waals surface area contributed by atoms with Crippen LogP contribution in [0.5, 0.6) is 0 Å². The largest absolute Gasteiger partial charge is 0.330 e. The second kappa shape index (κ2) is 10.3. The minimum atomic E-state index is -0.0709. The molecule has 2 heterocycles. The van der Waals surface area contributed by atoms with Crippen LogP contribution in [0.25, 0.3) is 0 Å². The van der Waals surface area contributed by atoms with E-state index < -0.39 is 0 Å². The molecule has 6 nitrogen and oxygen atoms in total. The van der Waals surface area contributed by atoms with Gasteiger partial charge in [-0.15, -0.1) is 0 Å². The first kappa shape index (κ1) is 19.7. The Morgan fingerprint density at radius 1 is 0.893 bits per heavy atom. The van der Waals surface area contributed by atoms with Crippen molar-refractivity contribution in [2.75, 3.05) is 18.4 Å². The SMILES string of the molecule is NCCc1ccc(NC(=O)CN(Cc2ccccn2)Cc2ccccn2)cc1. The van der Waals surface area contributed by atoms with Gasteiger partial charge in [0.2, 0.25) is 5.91 Å². The van der Waals surface area contributed by atoms with E-state index in [-0.39, 0.29) is 12.5 Å². The van der Waals surface area contributed by atoms with Crippen molar-refractivity contribution in [1.82, 2.24) is 14.9 Å². The second-order valence-electron chi connectivity index (χ2n) is 6.57. The second-order valence-corrected chi connectivity index (χ2v) is 6.57. The number of carbonyl (C=O) groups is 1. The lowest BCUT2D eigenvalue weighted by molar-refractivity contribution is -0.117. The molecule has 0 saturated heterocycles. The van der Waals surface area contributed by atoms with Crippen LogP contribution in [-0.4, -0.2) is 33.9 Å². The van der Waals surface area contributed by atoms with Crippen molar-refractivity contribution in [3.05, 3.63) is 90.0 Å². The molecule has 0 aliphatic heterocycles. The number of anilines is 1. The molecule has 3 N–H and O–H groups in total. The molecule has 2 aromatic heterocycles. The fraction of sp³-hybridized carbons (Fsp3) is 0.227. The van der Waals surface area contributed by atoms with Gasteiger partial charge in [-0.1, -0.05) is 24.3 Å². The maximum atomic E-state index is 12.6. The molecule has 0 bridgehead atoms. The van der Waals surface area contributed by atoms with E-state index in [0.29, 0.717) is 19.6 Å². The summed E-state index contributed by atoms with van der Waals surface area (Å²) in [5, 5.41) is 2.96. The Morgan fingerprint density at radius 2 is 1.50 bits per heavy atom. The molecular formula is C22H25N5O. The van der Waals surface area contributed by atoms with Crippen LogP contribution < -0.4 is 11.1 Å². The summed E-state index contributed by atoms with van der Waals surface area (Å²) in [7, 11) is 0. The van der Waals surface area contributed by atoms with Crippen LogP contribution in [0.4, 0.5) is 5.69 Å². The Labute approximate surface area is 165 Å². The zero-order valence-corrected chi connectivity index (χ0v) is 15.8. The number of aromatic nitrogens is 2. The van der Waals surface area contributed by atoms with Crippen molar-refractivity contribution in [1.29, 1.82) is 0 Å². The normalized spacial score (nSPS) is 10.8. The highest BCUT2D eigenvalue weighted by Crippen LogP contribution is 2.11. The van der Waals surface area contributed by atoms with E-state index in [2.05, 4.69) is 15.3 Å². The summed E-state index contributed by atoms with van der Waals surface area (Å²) >= 11 is 0. The molecule has 0 atom stereocenters. The van der Waals surface area contributed by atoms with Crippen LogP contribution >= 0.6 is 0 Å². The fourth-order valence-corrected chi connectivity index (χ4v) is 2.93. The standard InChI is InChI=1S/C22H25N5O/c23-12-11-18-7-9-19(10-8-18)26-22(28)17-27(15-20-5-1-3-13-24-20)16-21-6-2-4-14-25-21/h1-10,13-14H,11-12,15-17,23H2,(H,26,28). The minimum Gasteiger partial charge on any atom is -0.330 e.